The topological polar surface area (TPSA) is 98.2 Å². The van der Waals surface area contributed by atoms with Crippen molar-refractivity contribution < 1.29 is 24.7 Å². The fraction of sp³-hybridized carbons (Fsp3) is 0.786. The van der Waals surface area contributed by atoms with E-state index in [0.717, 1.165) is 38.8 Å². The summed E-state index contributed by atoms with van der Waals surface area (Å²) in [6.07, 6.45) is 4.51. The Morgan fingerprint density at radius 3 is 1.76 bits per heavy atom. The predicted octanol–water partition coefficient (Wildman–Crippen LogP) is 0.932. The number of hydrogen-bond acceptors (Lipinski definition) is 5. The summed E-state index contributed by atoms with van der Waals surface area (Å²) in [4.78, 5) is 33.4. The summed E-state index contributed by atoms with van der Waals surface area (Å²) in [5, 5.41) is 17.3. The SMILES string of the molecule is CCCCN(CCCC)C(=O)CO.O=C1CCC(=O)N1O. The van der Waals surface area contributed by atoms with Crippen LogP contribution < -0.4 is 0 Å². The molecule has 21 heavy (non-hydrogen) atoms. The van der Waals surface area contributed by atoms with E-state index < -0.39 is 11.8 Å². The lowest BCUT2D eigenvalue weighted by molar-refractivity contribution is -0.171. The molecule has 0 aromatic heterocycles. The number of aliphatic hydroxyl groups excluding tert-OH is 1. The molecule has 0 unspecified atom stereocenters. The van der Waals surface area contributed by atoms with Crippen LogP contribution in [0.5, 0.6) is 0 Å². The summed E-state index contributed by atoms with van der Waals surface area (Å²) in [5.41, 5.74) is 0. The first-order valence-corrected chi connectivity index (χ1v) is 7.41. The fourth-order valence-corrected chi connectivity index (χ4v) is 1.72. The standard InChI is InChI=1S/C10H21NO2.C4H5NO3/c1-3-5-7-11(8-6-4-2)10(13)9-12;6-3-1-2-4(7)5(3)8/h12H,3-9H2,1-2H3;8H,1-2H2. The van der Waals surface area contributed by atoms with Crippen LogP contribution in [0.2, 0.25) is 0 Å². The molecule has 0 aromatic rings. The second kappa shape index (κ2) is 11.2. The van der Waals surface area contributed by atoms with E-state index in [4.69, 9.17) is 10.3 Å². The molecular weight excluding hydrogens is 276 g/mol. The normalized spacial score (nSPS) is 14.0. The van der Waals surface area contributed by atoms with Crippen LogP contribution in [0.3, 0.4) is 0 Å². The van der Waals surface area contributed by atoms with Crippen molar-refractivity contribution in [3.05, 3.63) is 0 Å². The first kappa shape index (κ1) is 19.5. The van der Waals surface area contributed by atoms with Gasteiger partial charge in [0, 0.05) is 25.9 Å². The van der Waals surface area contributed by atoms with E-state index in [9.17, 15) is 14.4 Å². The van der Waals surface area contributed by atoms with Crippen LogP contribution in [0.25, 0.3) is 0 Å². The van der Waals surface area contributed by atoms with Crippen LogP contribution in [-0.4, -0.2) is 57.7 Å². The highest BCUT2D eigenvalue weighted by Crippen LogP contribution is 2.07. The zero-order chi connectivity index (χ0) is 16.3. The lowest BCUT2D eigenvalue weighted by Crippen LogP contribution is -2.34. The summed E-state index contributed by atoms with van der Waals surface area (Å²) < 4.78 is 0. The van der Waals surface area contributed by atoms with Crippen molar-refractivity contribution in [2.24, 2.45) is 0 Å². The lowest BCUT2D eigenvalue weighted by Gasteiger charge is -2.21. The van der Waals surface area contributed by atoms with Crippen molar-refractivity contribution in [3.8, 4) is 0 Å². The van der Waals surface area contributed by atoms with Crippen LogP contribution in [0.15, 0.2) is 0 Å². The highest BCUT2D eigenvalue weighted by atomic mass is 16.5. The molecule has 1 fully saturated rings. The van der Waals surface area contributed by atoms with Crippen molar-refractivity contribution >= 4 is 17.7 Å². The molecule has 1 aliphatic rings. The molecule has 1 aliphatic heterocycles. The molecule has 122 valence electrons. The van der Waals surface area contributed by atoms with E-state index in [0.29, 0.717) is 0 Å². The Hall–Kier alpha value is -1.47. The Balaban J connectivity index is 0.000000423. The second-order valence-corrected chi connectivity index (χ2v) is 4.85. The van der Waals surface area contributed by atoms with Gasteiger partial charge in [0.1, 0.15) is 6.61 Å². The molecule has 3 amide bonds. The molecule has 0 saturated carbocycles. The molecule has 0 spiro atoms. The summed E-state index contributed by atoms with van der Waals surface area (Å²) in [7, 11) is 0. The molecule has 0 aliphatic carbocycles. The lowest BCUT2D eigenvalue weighted by atomic mass is 10.2. The smallest absolute Gasteiger partial charge is 0.253 e. The summed E-state index contributed by atoms with van der Waals surface area (Å²) >= 11 is 0. The molecule has 7 heteroatoms. The number of carbonyl (C=O) groups is 3. The van der Waals surface area contributed by atoms with Crippen LogP contribution in [0.1, 0.15) is 52.4 Å². The highest BCUT2D eigenvalue weighted by molar-refractivity contribution is 6.00. The van der Waals surface area contributed by atoms with Gasteiger partial charge in [0.2, 0.25) is 5.91 Å². The van der Waals surface area contributed by atoms with Gasteiger partial charge < -0.3 is 10.0 Å². The number of nitrogens with zero attached hydrogens (tertiary/aromatic N) is 2. The third-order valence-electron chi connectivity index (χ3n) is 3.08. The van der Waals surface area contributed by atoms with E-state index in [2.05, 4.69) is 13.8 Å². The molecule has 0 bridgehead atoms. The van der Waals surface area contributed by atoms with Crippen LogP contribution in [0.4, 0.5) is 0 Å². The first-order valence-electron chi connectivity index (χ1n) is 7.41. The van der Waals surface area contributed by atoms with E-state index in [1.165, 1.54) is 0 Å². The van der Waals surface area contributed by atoms with Crippen molar-refractivity contribution in [2.45, 2.75) is 52.4 Å². The number of carbonyl (C=O) groups excluding carboxylic acids is 3. The third-order valence-corrected chi connectivity index (χ3v) is 3.08. The first-order chi connectivity index (χ1) is 9.97. The van der Waals surface area contributed by atoms with Gasteiger partial charge in [-0.15, -0.1) is 0 Å². The molecule has 0 radical (unpaired) electrons. The third kappa shape index (κ3) is 7.77. The number of hydroxylamine groups is 2. The van der Waals surface area contributed by atoms with E-state index >= 15 is 0 Å². The van der Waals surface area contributed by atoms with Gasteiger partial charge in [-0.05, 0) is 12.8 Å². The zero-order valence-electron chi connectivity index (χ0n) is 12.9. The van der Waals surface area contributed by atoms with Gasteiger partial charge in [0.25, 0.3) is 11.8 Å². The number of amides is 3. The molecule has 1 heterocycles. The summed E-state index contributed by atoms with van der Waals surface area (Å²) in [5.74, 6) is -1.15. The molecule has 7 nitrogen and oxygen atoms in total. The molecule has 0 aromatic carbocycles. The van der Waals surface area contributed by atoms with Crippen molar-refractivity contribution in [1.82, 2.24) is 9.96 Å². The van der Waals surface area contributed by atoms with Gasteiger partial charge in [0.05, 0.1) is 0 Å². The van der Waals surface area contributed by atoms with Crippen molar-refractivity contribution in [2.75, 3.05) is 19.7 Å². The Labute approximate surface area is 125 Å². The molecule has 0 atom stereocenters. The molecule has 2 N–H and O–H groups in total. The zero-order valence-corrected chi connectivity index (χ0v) is 12.9. The van der Waals surface area contributed by atoms with E-state index in [-0.39, 0.29) is 30.4 Å². The Morgan fingerprint density at radius 2 is 1.52 bits per heavy atom. The predicted molar refractivity (Wildman–Crippen MR) is 76.4 cm³/mol. The molecular formula is C14H26N2O5. The van der Waals surface area contributed by atoms with Crippen LogP contribution >= 0.6 is 0 Å². The number of rotatable bonds is 7. The van der Waals surface area contributed by atoms with Crippen LogP contribution in [0, 0.1) is 0 Å². The maximum atomic E-state index is 11.2. The minimum atomic E-state index is -0.505. The van der Waals surface area contributed by atoms with Gasteiger partial charge in [-0.1, -0.05) is 26.7 Å². The maximum absolute atomic E-state index is 11.2. The minimum Gasteiger partial charge on any atom is -0.387 e. The molecule has 1 saturated heterocycles. The minimum absolute atomic E-state index is 0.137. The quantitative estimate of drug-likeness (QED) is 0.538. The maximum Gasteiger partial charge on any atom is 0.253 e. The number of aliphatic hydroxyl groups is 1. The van der Waals surface area contributed by atoms with Gasteiger partial charge in [0.15, 0.2) is 0 Å². The van der Waals surface area contributed by atoms with Gasteiger partial charge in [-0.2, -0.15) is 5.06 Å². The summed E-state index contributed by atoms with van der Waals surface area (Å²) in [6.45, 7) is 5.42. The average Bonchev–Trinajstić information content (AvgIpc) is 2.78. The average molecular weight is 302 g/mol. The largest absolute Gasteiger partial charge is 0.387 e. The van der Waals surface area contributed by atoms with Crippen LogP contribution in [-0.2, 0) is 14.4 Å². The Kier molecular flexibility index (Phi) is 10.4. The van der Waals surface area contributed by atoms with E-state index in [1.54, 1.807) is 4.90 Å². The van der Waals surface area contributed by atoms with Crippen molar-refractivity contribution in [1.29, 1.82) is 0 Å². The second-order valence-electron chi connectivity index (χ2n) is 4.85. The Bertz CT molecular complexity index is 322. The highest BCUT2D eigenvalue weighted by Gasteiger charge is 2.26. The van der Waals surface area contributed by atoms with Crippen molar-refractivity contribution in [3.63, 3.8) is 0 Å². The van der Waals surface area contributed by atoms with Gasteiger partial charge in [-0.25, -0.2) is 0 Å². The summed E-state index contributed by atoms with van der Waals surface area (Å²) in [6, 6.07) is 0. The molecule has 1 rings (SSSR count). The monoisotopic (exact) mass is 302 g/mol. The number of hydrogen-bond donors (Lipinski definition) is 2. The van der Waals surface area contributed by atoms with E-state index in [1.807, 2.05) is 0 Å². The Morgan fingerprint density at radius 1 is 1.10 bits per heavy atom. The fourth-order valence-electron chi connectivity index (χ4n) is 1.72. The van der Waals surface area contributed by atoms with Gasteiger partial charge in [-0.3, -0.25) is 19.6 Å². The number of imide groups is 1. The van der Waals surface area contributed by atoms with Gasteiger partial charge >= 0.3 is 0 Å². The number of unbranched alkanes of at least 4 members (excludes halogenated alkanes) is 2.